The molecule has 0 saturated heterocycles. The van der Waals surface area contributed by atoms with E-state index in [9.17, 15) is 4.79 Å². The Labute approximate surface area is 140 Å². The molecule has 128 valence electrons. The van der Waals surface area contributed by atoms with Gasteiger partial charge in [0.1, 0.15) is 6.54 Å². The number of aryl methyl sites for hydroxylation is 1. The van der Waals surface area contributed by atoms with Crippen molar-refractivity contribution in [2.75, 3.05) is 33.7 Å². The van der Waals surface area contributed by atoms with Gasteiger partial charge in [-0.1, -0.05) is 43.7 Å². The molecule has 0 spiro atoms. The molecule has 0 saturated carbocycles. The smallest absolute Gasteiger partial charge is 0.243 e. The third kappa shape index (κ3) is 8.86. The van der Waals surface area contributed by atoms with Crippen molar-refractivity contribution in [2.45, 2.75) is 32.6 Å². The number of carbonyl (C=O) groups excluding carboxylic acids is 1. The number of carbonyl (C=O) groups is 1. The van der Waals surface area contributed by atoms with Gasteiger partial charge in [0.05, 0.1) is 0 Å². The summed E-state index contributed by atoms with van der Waals surface area (Å²) >= 11 is 0. The minimum atomic E-state index is 0.00544. The topological polar surface area (TPSA) is 56.7 Å². The number of unbranched alkanes of at least 4 members (excludes halogenated alkanes) is 1. The maximum atomic E-state index is 11.7. The third-order valence-electron chi connectivity index (χ3n) is 3.47. The van der Waals surface area contributed by atoms with Gasteiger partial charge in [-0.05, 0) is 24.8 Å². The van der Waals surface area contributed by atoms with Crippen molar-refractivity contribution in [1.29, 1.82) is 0 Å². The molecular formula is C18H30N4O. The van der Waals surface area contributed by atoms with Crippen LogP contribution in [0.3, 0.4) is 0 Å². The molecule has 0 atom stereocenters. The number of hydrogen-bond donors (Lipinski definition) is 2. The second-order valence-electron chi connectivity index (χ2n) is 5.75. The van der Waals surface area contributed by atoms with E-state index in [4.69, 9.17) is 0 Å². The maximum absolute atomic E-state index is 11.7. The molecule has 0 aliphatic carbocycles. The van der Waals surface area contributed by atoms with Crippen LogP contribution < -0.4 is 10.6 Å². The minimum absolute atomic E-state index is 0.00544. The van der Waals surface area contributed by atoms with Crippen LogP contribution in [0.1, 0.15) is 31.7 Å². The molecule has 0 aliphatic rings. The van der Waals surface area contributed by atoms with Gasteiger partial charge < -0.3 is 15.5 Å². The molecule has 0 aliphatic heterocycles. The molecule has 0 heterocycles. The molecular weight excluding hydrogens is 288 g/mol. The van der Waals surface area contributed by atoms with Gasteiger partial charge in [-0.2, -0.15) is 0 Å². The van der Waals surface area contributed by atoms with Gasteiger partial charge in [0, 0.05) is 27.2 Å². The molecule has 5 heteroatoms. The van der Waals surface area contributed by atoms with Gasteiger partial charge in [-0.3, -0.25) is 4.79 Å². The normalized spacial score (nSPS) is 11.2. The Morgan fingerprint density at radius 2 is 1.74 bits per heavy atom. The number of rotatable bonds is 9. The molecule has 23 heavy (non-hydrogen) atoms. The molecule has 5 nitrogen and oxygen atoms in total. The third-order valence-corrected chi connectivity index (χ3v) is 3.47. The lowest BCUT2D eigenvalue weighted by Gasteiger charge is -2.13. The van der Waals surface area contributed by atoms with Crippen LogP contribution in [0.4, 0.5) is 0 Å². The van der Waals surface area contributed by atoms with Gasteiger partial charge in [-0.25, -0.2) is 4.99 Å². The SMILES string of the molecule is CCCCNC(=NCC(=O)N(C)C)NCCCc1ccccc1. The summed E-state index contributed by atoms with van der Waals surface area (Å²) in [7, 11) is 3.49. The van der Waals surface area contributed by atoms with E-state index in [1.165, 1.54) is 5.56 Å². The first-order chi connectivity index (χ1) is 11.1. The summed E-state index contributed by atoms with van der Waals surface area (Å²) in [5, 5.41) is 6.59. The monoisotopic (exact) mass is 318 g/mol. The van der Waals surface area contributed by atoms with E-state index < -0.39 is 0 Å². The number of nitrogens with one attached hydrogen (secondary N) is 2. The van der Waals surface area contributed by atoms with Crippen molar-refractivity contribution in [3.63, 3.8) is 0 Å². The summed E-state index contributed by atoms with van der Waals surface area (Å²) in [6.45, 7) is 4.04. The molecule has 1 amide bonds. The molecule has 0 fully saturated rings. The van der Waals surface area contributed by atoms with Gasteiger partial charge in [-0.15, -0.1) is 0 Å². The van der Waals surface area contributed by atoms with Crippen LogP contribution in [0.5, 0.6) is 0 Å². The number of nitrogens with zero attached hydrogens (tertiary/aromatic N) is 2. The minimum Gasteiger partial charge on any atom is -0.356 e. The Hall–Kier alpha value is -2.04. The zero-order valence-electron chi connectivity index (χ0n) is 14.6. The van der Waals surface area contributed by atoms with Crippen molar-refractivity contribution in [3.8, 4) is 0 Å². The fraction of sp³-hybridized carbons (Fsp3) is 0.556. The lowest BCUT2D eigenvalue weighted by Crippen LogP contribution is -2.39. The van der Waals surface area contributed by atoms with E-state index in [0.717, 1.165) is 44.7 Å². The lowest BCUT2D eigenvalue weighted by molar-refractivity contribution is -0.127. The highest BCUT2D eigenvalue weighted by Gasteiger charge is 2.04. The molecule has 1 aromatic rings. The van der Waals surface area contributed by atoms with Crippen LogP contribution in [0.2, 0.25) is 0 Å². The van der Waals surface area contributed by atoms with E-state index in [1.54, 1.807) is 19.0 Å². The van der Waals surface area contributed by atoms with Gasteiger partial charge >= 0.3 is 0 Å². The van der Waals surface area contributed by atoms with Crippen molar-refractivity contribution in [3.05, 3.63) is 35.9 Å². The lowest BCUT2D eigenvalue weighted by atomic mass is 10.1. The van der Waals surface area contributed by atoms with Gasteiger partial charge in [0.2, 0.25) is 5.91 Å². The largest absolute Gasteiger partial charge is 0.356 e. The van der Waals surface area contributed by atoms with Crippen molar-refractivity contribution >= 4 is 11.9 Å². The molecule has 1 aromatic carbocycles. The van der Waals surface area contributed by atoms with Crippen LogP contribution in [-0.2, 0) is 11.2 Å². The number of likely N-dealkylation sites (N-methyl/N-ethyl adjacent to an activating group) is 1. The quantitative estimate of drug-likeness (QED) is 0.416. The highest BCUT2D eigenvalue weighted by molar-refractivity contribution is 5.84. The standard InChI is InChI=1S/C18H30N4O/c1-4-5-13-19-18(21-15-17(23)22(2)3)20-14-9-12-16-10-7-6-8-11-16/h6-8,10-11H,4-5,9,12-15H2,1-3H3,(H2,19,20,21). The highest BCUT2D eigenvalue weighted by atomic mass is 16.2. The van der Waals surface area contributed by atoms with E-state index in [0.29, 0.717) is 0 Å². The Kier molecular flexibility index (Phi) is 9.52. The van der Waals surface area contributed by atoms with Crippen LogP contribution in [0.25, 0.3) is 0 Å². The first kappa shape index (κ1) is 19.0. The first-order valence-corrected chi connectivity index (χ1v) is 8.39. The molecule has 0 bridgehead atoms. The summed E-state index contributed by atoms with van der Waals surface area (Å²) in [6.07, 6.45) is 4.28. The zero-order chi connectivity index (χ0) is 16.9. The Morgan fingerprint density at radius 3 is 2.35 bits per heavy atom. The number of hydrogen-bond acceptors (Lipinski definition) is 2. The van der Waals surface area contributed by atoms with Crippen molar-refractivity contribution < 1.29 is 4.79 Å². The summed E-state index contributed by atoms with van der Waals surface area (Å²) in [5.41, 5.74) is 1.34. The van der Waals surface area contributed by atoms with Crippen LogP contribution >= 0.6 is 0 Å². The summed E-state index contributed by atoms with van der Waals surface area (Å²) in [5.74, 6) is 0.729. The molecule has 0 aromatic heterocycles. The fourth-order valence-corrected chi connectivity index (χ4v) is 1.99. The number of amides is 1. The Balaban J connectivity index is 2.38. The summed E-state index contributed by atoms with van der Waals surface area (Å²) in [6, 6.07) is 10.4. The maximum Gasteiger partial charge on any atom is 0.243 e. The fourth-order valence-electron chi connectivity index (χ4n) is 1.99. The molecule has 0 unspecified atom stereocenters. The average molecular weight is 318 g/mol. The predicted molar refractivity (Wildman–Crippen MR) is 96.7 cm³/mol. The summed E-state index contributed by atoms with van der Waals surface area (Å²) < 4.78 is 0. The van der Waals surface area contributed by atoms with Gasteiger partial charge in [0.15, 0.2) is 5.96 Å². The Bertz CT molecular complexity index is 471. The van der Waals surface area contributed by atoms with Crippen molar-refractivity contribution in [1.82, 2.24) is 15.5 Å². The Morgan fingerprint density at radius 1 is 1.09 bits per heavy atom. The first-order valence-electron chi connectivity index (χ1n) is 8.39. The van der Waals surface area contributed by atoms with Crippen LogP contribution in [0, 0.1) is 0 Å². The number of benzene rings is 1. The average Bonchev–Trinajstić information content (AvgIpc) is 2.56. The summed E-state index contributed by atoms with van der Waals surface area (Å²) in [4.78, 5) is 17.6. The van der Waals surface area contributed by atoms with E-state index in [2.05, 4.69) is 46.8 Å². The molecule has 1 rings (SSSR count). The van der Waals surface area contributed by atoms with Crippen LogP contribution in [0.15, 0.2) is 35.3 Å². The number of aliphatic imine (C=N–C) groups is 1. The van der Waals surface area contributed by atoms with Gasteiger partial charge in [0.25, 0.3) is 0 Å². The highest BCUT2D eigenvalue weighted by Crippen LogP contribution is 2.01. The molecule has 0 radical (unpaired) electrons. The predicted octanol–water partition coefficient (Wildman–Crippen LogP) is 2.04. The zero-order valence-corrected chi connectivity index (χ0v) is 14.6. The number of guanidine groups is 1. The molecule has 2 N–H and O–H groups in total. The van der Waals surface area contributed by atoms with Crippen LogP contribution in [-0.4, -0.2) is 50.5 Å². The van der Waals surface area contributed by atoms with Crippen molar-refractivity contribution in [2.24, 2.45) is 4.99 Å². The van der Waals surface area contributed by atoms with E-state index in [1.807, 2.05) is 6.07 Å². The van der Waals surface area contributed by atoms with E-state index in [-0.39, 0.29) is 12.5 Å². The van der Waals surface area contributed by atoms with E-state index >= 15 is 0 Å². The second kappa shape index (κ2) is 11.5. The second-order valence-corrected chi connectivity index (χ2v) is 5.75.